The fraction of sp³-hybridized carbons (Fsp3) is 0.136. The maximum absolute atomic E-state index is 13.4. The standard InChI is InChI=1S/C22H18N4O/c1-14-5-4-8-18-19(9-20(25-21(14)18)17-10-23-24-11-17)22(27)26-12-15-6-2-3-7-16(15)13-26/h2-11H,12-13H2,1H3,(H,23,24). The first kappa shape index (κ1) is 15.8. The highest BCUT2D eigenvalue weighted by Gasteiger charge is 2.26. The smallest absolute Gasteiger partial charge is 0.255 e. The number of H-pyrrole nitrogens is 1. The molecule has 1 aliphatic rings. The van der Waals surface area contributed by atoms with E-state index in [1.54, 1.807) is 12.4 Å². The molecule has 0 atom stereocenters. The third kappa shape index (κ3) is 2.59. The van der Waals surface area contributed by atoms with Gasteiger partial charge in [-0.05, 0) is 29.7 Å². The van der Waals surface area contributed by atoms with Gasteiger partial charge in [-0.1, -0.05) is 42.5 Å². The average Bonchev–Trinajstić information content (AvgIpc) is 3.37. The van der Waals surface area contributed by atoms with Crippen LogP contribution in [0.5, 0.6) is 0 Å². The third-order valence-electron chi connectivity index (χ3n) is 5.19. The number of pyridine rings is 1. The van der Waals surface area contributed by atoms with Crippen molar-refractivity contribution in [1.82, 2.24) is 20.1 Å². The summed E-state index contributed by atoms with van der Waals surface area (Å²) in [5.74, 6) is 0.0361. The molecule has 5 rings (SSSR count). The Morgan fingerprint density at radius 1 is 1.07 bits per heavy atom. The topological polar surface area (TPSA) is 61.9 Å². The number of aromatic nitrogens is 3. The van der Waals surface area contributed by atoms with Crippen LogP contribution in [0.4, 0.5) is 0 Å². The minimum Gasteiger partial charge on any atom is -0.330 e. The van der Waals surface area contributed by atoms with E-state index in [1.807, 2.05) is 48.2 Å². The van der Waals surface area contributed by atoms with Crippen molar-refractivity contribution in [3.8, 4) is 11.3 Å². The van der Waals surface area contributed by atoms with Crippen molar-refractivity contribution in [2.24, 2.45) is 0 Å². The van der Waals surface area contributed by atoms with E-state index >= 15 is 0 Å². The second-order valence-corrected chi connectivity index (χ2v) is 6.94. The molecule has 0 bridgehead atoms. The normalized spacial score (nSPS) is 13.1. The molecule has 0 radical (unpaired) electrons. The van der Waals surface area contributed by atoms with Gasteiger partial charge in [0.2, 0.25) is 0 Å². The van der Waals surface area contributed by atoms with Crippen molar-refractivity contribution in [1.29, 1.82) is 0 Å². The molecule has 2 aromatic carbocycles. The Morgan fingerprint density at radius 2 is 1.85 bits per heavy atom. The van der Waals surface area contributed by atoms with Gasteiger partial charge >= 0.3 is 0 Å². The third-order valence-corrected chi connectivity index (χ3v) is 5.19. The molecular weight excluding hydrogens is 336 g/mol. The number of benzene rings is 2. The fourth-order valence-electron chi connectivity index (χ4n) is 3.75. The van der Waals surface area contributed by atoms with Gasteiger partial charge in [-0.3, -0.25) is 9.89 Å². The Bertz CT molecular complexity index is 1140. The Labute approximate surface area is 156 Å². The Balaban J connectivity index is 1.64. The number of hydrogen-bond donors (Lipinski definition) is 1. The molecular formula is C22H18N4O. The number of rotatable bonds is 2. The van der Waals surface area contributed by atoms with Gasteiger partial charge in [-0.15, -0.1) is 0 Å². The van der Waals surface area contributed by atoms with Gasteiger partial charge < -0.3 is 4.90 Å². The predicted octanol–water partition coefficient (Wildman–Crippen LogP) is 4.09. The van der Waals surface area contributed by atoms with Gasteiger partial charge in [0, 0.05) is 30.2 Å². The van der Waals surface area contributed by atoms with Crippen molar-refractivity contribution in [2.45, 2.75) is 20.0 Å². The van der Waals surface area contributed by atoms with Crippen LogP contribution in [0.3, 0.4) is 0 Å². The number of para-hydroxylation sites is 1. The van der Waals surface area contributed by atoms with E-state index in [1.165, 1.54) is 11.1 Å². The summed E-state index contributed by atoms with van der Waals surface area (Å²) in [5.41, 5.74) is 6.66. The molecule has 5 heteroatoms. The lowest BCUT2D eigenvalue weighted by atomic mass is 10.0. The molecule has 0 unspecified atom stereocenters. The van der Waals surface area contributed by atoms with Crippen LogP contribution in [-0.4, -0.2) is 26.0 Å². The van der Waals surface area contributed by atoms with E-state index < -0.39 is 0 Å². The van der Waals surface area contributed by atoms with Crippen molar-refractivity contribution in [3.63, 3.8) is 0 Å². The number of carbonyl (C=O) groups is 1. The highest BCUT2D eigenvalue weighted by Crippen LogP contribution is 2.30. The first-order valence-electron chi connectivity index (χ1n) is 8.96. The van der Waals surface area contributed by atoms with E-state index in [9.17, 15) is 4.79 Å². The molecule has 2 aromatic heterocycles. The van der Waals surface area contributed by atoms with Gasteiger partial charge in [0.15, 0.2) is 0 Å². The van der Waals surface area contributed by atoms with Crippen LogP contribution in [0.1, 0.15) is 27.0 Å². The van der Waals surface area contributed by atoms with Crippen molar-refractivity contribution in [3.05, 3.63) is 83.2 Å². The van der Waals surface area contributed by atoms with Crippen LogP contribution >= 0.6 is 0 Å². The summed E-state index contributed by atoms with van der Waals surface area (Å²) >= 11 is 0. The molecule has 1 N–H and O–H groups in total. The summed E-state index contributed by atoms with van der Waals surface area (Å²) in [6, 6.07) is 16.1. The highest BCUT2D eigenvalue weighted by molar-refractivity contribution is 6.07. The van der Waals surface area contributed by atoms with Gasteiger partial charge in [0.1, 0.15) is 0 Å². The Hall–Kier alpha value is -3.47. The van der Waals surface area contributed by atoms with Crippen LogP contribution in [0.2, 0.25) is 0 Å². The zero-order chi connectivity index (χ0) is 18.4. The maximum atomic E-state index is 13.4. The first-order chi connectivity index (χ1) is 13.2. The minimum atomic E-state index is 0.0361. The summed E-state index contributed by atoms with van der Waals surface area (Å²) in [5, 5.41) is 7.73. The number of nitrogens with zero attached hydrogens (tertiary/aromatic N) is 3. The van der Waals surface area contributed by atoms with E-state index in [2.05, 4.69) is 22.3 Å². The number of fused-ring (bicyclic) bond motifs is 2. The van der Waals surface area contributed by atoms with Crippen molar-refractivity contribution in [2.75, 3.05) is 0 Å². The lowest BCUT2D eigenvalue weighted by Gasteiger charge is -2.18. The summed E-state index contributed by atoms with van der Waals surface area (Å²) in [4.78, 5) is 20.1. The zero-order valence-electron chi connectivity index (χ0n) is 14.9. The highest BCUT2D eigenvalue weighted by atomic mass is 16.2. The van der Waals surface area contributed by atoms with Gasteiger partial charge in [-0.2, -0.15) is 5.10 Å². The number of amides is 1. The number of aromatic amines is 1. The van der Waals surface area contributed by atoms with Gasteiger partial charge in [0.25, 0.3) is 5.91 Å². The first-order valence-corrected chi connectivity index (χ1v) is 8.96. The quantitative estimate of drug-likeness (QED) is 0.590. The maximum Gasteiger partial charge on any atom is 0.255 e. The molecule has 0 aliphatic carbocycles. The van der Waals surface area contributed by atoms with Crippen molar-refractivity contribution < 1.29 is 4.79 Å². The van der Waals surface area contributed by atoms with E-state index in [0.29, 0.717) is 18.7 Å². The summed E-state index contributed by atoms with van der Waals surface area (Å²) in [6.07, 6.45) is 3.53. The minimum absolute atomic E-state index is 0.0361. The second-order valence-electron chi connectivity index (χ2n) is 6.94. The van der Waals surface area contributed by atoms with E-state index in [0.717, 1.165) is 27.7 Å². The van der Waals surface area contributed by atoms with Crippen LogP contribution in [0, 0.1) is 6.92 Å². The number of aryl methyl sites for hydroxylation is 1. The molecule has 0 fully saturated rings. The summed E-state index contributed by atoms with van der Waals surface area (Å²) in [6.45, 7) is 3.31. The molecule has 1 amide bonds. The van der Waals surface area contributed by atoms with E-state index in [4.69, 9.17) is 4.98 Å². The molecule has 0 saturated carbocycles. The van der Waals surface area contributed by atoms with Gasteiger partial charge in [-0.25, -0.2) is 4.98 Å². The SMILES string of the molecule is Cc1cccc2c(C(=O)N3Cc4ccccc4C3)cc(-c3cn[nH]c3)nc12. The Kier molecular flexibility index (Phi) is 3.53. The molecule has 0 saturated heterocycles. The fourth-order valence-corrected chi connectivity index (χ4v) is 3.75. The molecule has 27 heavy (non-hydrogen) atoms. The Morgan fingerprint density at radius 3 is 2.56 bits per heavy atom. The predicted molar refractivity (Wildman–Crippen MR) is 104 cm³/mol. The van der Waals surface area contributed by atoms with Crippen molar-refractivity contribution >= 4 is 16.8 Å². The molecule has 3 heterocycles. The summed E-state index contributed by atoms with van der Waals surface area (Å²) < 4.78 is 0. The van der Waals surface area contributed by atoms with Crippen LogP contribution in [0.25, 0.3) is 22.2 Å². The molecule has 4 aromatic rings. The van der Waals surface area contributed by atoms with Crippen LogP contribution in [-0.2, 0) is 13.1 Å². The van der Waals surface area contributed by atoms with Gasteiger partial charge in [0.05, 0.1) is 23.0 Å². The van der Waals surface area contributed by atoms with Crippen LogP contribution in [0.15, 0.2) is 60.9 Å². The molecule has 5 nitrogen and oxygen atoms in total. The number of carbonyl (C=O) groups excluding carboxylic acids is 1. The largest absolute Gasteiger partial charge is 0.330 e. The lowest BCUT2D eigenvalue weighted by molar-refractivity contribution is 0.0753. The zero-order valence-corrected chi connectivity index (χ0v) is 14.9. The lowest BCUT2D eigenvalue weighted by Crippen LogP contribution is -2.25. The summed E-state index contributed by atoms with van der Waals surface area (Å²) in [7, 11) is 0. The second kappa shape index (κ2) is 6.06. The molecule has 0 spiro atoms. The van der Waals surface area contributed by atoms with Crippen LogP contribution < -0.4 is 0 Å². The molecule has 132 valence electrons. The number of hydrogen-bond acceptors (Lipinski definition) is 3. The monoisotopic (exact) mass is 354 g/mol. The number of nitrogens with one attached hydrogen (secondary N) is 1. The average molecular weight is 354 g/mol. The molecule has 1 aliphatic heterocycles. The van der Waals surface area contributed by atoms with E-state index in [-0.39, 0.29) is 5.91 Å².